The number of nitrogens with one attached hydrogen (secondary N) is 1. The predicted molar refractivity (Wildman–Crippen MR) is 105 cm³/mol. The van der Waals surface area contributed by atoms with Gasteiger partial charge in [0.1, 0.15) is 18.1 Å². The van der Waals surface area contributed by atoms with Gasteiger partial charge in [-0.25, -0.2) is 9.59 Å². The minimum atomic E-state index is -0.747. The monoisotopic (exact) mass is 467 g/mol. The van der Waals surface area contributed by atoms with E-state index in [-0.39, 0.29) is 12.3 Å². The maximum absolute atomic E-state index is 12.0. The van der Waals surface area contributed by atoms with E-state index in [9.17, 15) is 9.59 Å². The second-order valence-corrected chi connectivity index (χ2v) is 6.29. The summed E-state index contributed by atoms with van der Waals surface area (Å²) in [4.78, 5) is 24.0. The molecular weight excluding hydrogens is 449 g/mol. The molecule has 26 heavy (non-hydrogen) atoms. The van der Waals surface area contributed by atoms with Gasteiger partial charge in [0.2, 0.25) is 0 Å². The van der Waals surface area contributed by atoms with Crippen LogP contribution in [0.2, 0.25) is 0 Å². The van der Waals surface area contributed by atoms with Gasteiger partial charge >= 0.3 is 12.1 Å². The van der Waals surface area contributed by atoms with E-state index in [4.69, 9.17) is 14.2 Å². The van der Waals surface area contributed by atoms with Crippen molar-refractivity contribution in [1.82, 2.24) is 5.32 Å². The third kappa shape index (κ3) is 5.76. The zero-order valence-electron chi connectivity index (χ0n) is 14.3. The molecule has 0 radical (unpaired) electrons. The Morgan fingerprint density at radius 1 is 1.12 bits per heavy atom. The van der Waals surface area contributed by atoms with Crippen LogP contribution in [0.5, 0.6) is 5.75 Å². The maximum Gasteiger partial charge on any atom is 0.412 e. The van der Waals surface area contributed by atoms with Crippen LogP contribution in [-0.2, 0) is 20.9 Å². The molecule has 7 heteroatoms. The normalized spacial score (nSPS) is 10.8. The molecule has 0 atom stereocenters. The minimum absolute atomic E-state index is 0.0308. The third-order valence-electron chi connectivity index (χ3n) is 3.36. The molecule has 1 amide bonds. The summed E-state index contributed by atoms with van der Waals surface area (Å²) in [5, 5.41) is 2.43. The molecular formula is C19H18INO5. The van der Waals surface area contributed by atoms with Crippen molar-refractivity contribution in [3.63, 3.8) is 0 Å². The van der Waals surface area contributed by atoms with E-state index in [1.807, 2.05) is 36.4 Å². The highest BCUT2D eigenvalue weighted by Gasteiger charge is 2.15. The number of amides is 1. The molecule has 0 aromatic heterocycles. The summed E-state index contributed by atoms with van der Waals surface area (Å²) >= 11 is 2.12. The van der Waals surface area contributed by atoms with E-state index < -0.39 is 12.1 Å². The first-order valence-corrected chi connectivity index (χ1v) is 8.72. The average molecular weight is 467 g/mol. The number of ether oxygens (including phenoxy) is 3. The highest BCUT2D eigenvalue weighted by Crippen LogP contribution is 2.21. The molecule has 2 aromatic carbocycles. The van der Waals surface area contributed by atoms with Gasteiger partial charge in [0.05, 0.1) is 14.2 Å². The van der Waals surface area contributed by atoms with Crippen LogP contribution in [0.1, 0.15) is 11.1 Å². The molecule has 1 N–H and O–H groups in total. The van der Waals surface area contributed by atoms with Gasteiger partial charge in [-0.2, -0.15) is 0 Å². The van der Waals surface area contributed by atoms with Crippen LogP contribution in [0.15, 0.2) is 54.2 Å². The lowest BCUT2D eigenvalue weighted by molar-refractivity contribution is -0.136. The first kappa shape index (κ1) is 19.8. The Balaban J connectivity index is 2.14. The lowest BCUT2D eigenvalue weighted by Crippen LogP contribution is -2.28. The standard InChI is InChI=1S/C19H18INO5/c1-24-15-8-9-16(20)14(10-15)11-17(18(22)25-2)21-19(23)26-12-13-6-4-3-5-7-13/h3-11H,12H2,1-2H3,(H,21,23)/b17-11-. The van der Waals surface area contributed by atoms with E-state index in [1.54, 1.807) is 19.2 Å². The second kappa shape index (κ2) is 9.81. The molecule has 6 nitrogen and oxygen atoms in total. The van der Waals surface area contributed by atoms with Gasteiger partial charge in [-0.15, -0.1) is 0 Å². The number of carbonyl (C=O) groups is 2. The van der Waals surface area contributed by atoms with Crippen LogP contribution in [0.4, 0.5) is 4.79 Å². The second-order valence-electron chi connectivity index (χ2n) is 5.12. The van der Waals surface area contributed by atoms with Crippen LogP contribution >= 0.6 is 22.6 Å². The van der Waals surface area contributed by atoms with Gasteiger partial charge < -0.3 is 14.2 Å². The maximum atomic E-state index is 12.0. The van der Waals surface area contributed by atoms with E-state index in [0.29, 0.717) is 11.3 Å². The molecule has 0 heterocycles. The summed E-state index contributed by atoms with van der Waals surface area (Å²) in [6, 6.07) is 14.6. The summed E-state index contributed by atoms with van der Waals surface area (Å²) in [7, 11) is 2.79. The van der Waals surface area contributed by atoms with Crippen molar-refractivity contribution in [3.8, 4) is 5.75 Å². The Bertz CT molecular complexity index is 805. The summed E-state index contributed by atoms with van der Waals surface area (Å²) in [6.45, 7) is 0.0951. The summed E-state index contributed by atoms with van der Waals surface area (Å²) < 4.78 is 15.9. The number of hydrogen-bond donors (Lipinski definition) is 1. The van der Waals surface area contributed by atoms with Gasteiger partial charge in [-0.05, 0) is 58.0 Å². The molecule has 0 fully saturated rings. The van der Waals surface area contributed by atoms with Gasteiger partial charge in [0.15, 0.2) is 0 Å². The molecule has 0 aliphatic heterocycles. The van der Waals surface area contributed by atoms with E-state index in [2.05, 4.69) is 27.9 Å². The zero-order valence-corrected chi connectivity index (χ0v) is 16.5. The quantitative estimate of drug-likeness (QED) is 0.398. The number of hydrogen-bond acceptors (Lipinski definition) is 5. The fourth-order valence-corrected chi connectivity index (χ4v) is 2.53. The fraction of sp³-hybridized carbons (Fsp3) is 0.158. The summed E-state index contributed by atoms with van der Waals surface area (Å²) in [6.07, 6.45) is 0.767. The fourth-order valence-electron chi connectivity index (χ4n) is 2.04. The van der Waals surface area contributed by atoms with Crippen molar-refractivity contribution in [3.05, 3.63) is 68.9 Å². The molecule has 0 aliphatic carbocycles. The Morgan fingerprint density at radius 2 is 1.85 bits per heavy atom. The lowest BCUT2D eigenvalue weighted by Gasteiger charge is -2.10. The van der Waals surface area contributed by atoms with E-state index >= 15 is 0 Å². The topological polar surface area (TPSA) is 73.9 Å². The van der Waals surface area contributed by atoms with Crippen LogP contribution in [0.3, 0.4) is 0 Å². The molecule has 136 valence electrons. The molecule has 0 bridgehead atoms. The first-order valence-electron chi connectivity index (χ1n) is 7.64. The predicted octanol–water partition coefficient (Wildman–Crippen LogP) is 3.74. The number of carbonyl (C=O) groups excluding carboxylic acids is 2. The van der Waals surface area contributed by atoms with Crippen LogP contribution in [-0.4, -0.2) is 26.3 Å². The third-order valence-corrected chi connectivity index (χ3v) is 4.34. The molecule has 0 saturated carbocycles. The van der Waals surface area contributed by atoms with Gasteiger partial charge in [-0.1, -0.05) is 30.3 Å². The molecule has 0 unspecified atom stereocenters. The van der Waals surface area contributed by atoms with Crippen LogP contribution in [0.25, 0.3) is 6.08 Å². The summed E-state index contributed by atoms with van der Waals surface area (Å²) in [5.41, 5.74) is 1.51. The number of rotatable bonds is 6. The van der Waals surface area contributed by atoms with Crippen molar-refractivity contribution < 1.29 is 23.8 Å². The Labute approximate surface area is 165 Å². The van der Waals surface area contributed by atoms with E-state index in [0.717, 1.165) is 9.13 Å². The lowest BCUT2D eigenvalue weighted by atomic mass is 10.2. The largest absolute Gasteiger partial charge is 0.497 e. The van der Waals surface area contributed by atoms with Crippen molar-refractivity contribution in [2.45, 2.75) is 6.61 Å². The first-order chi connectivity index (χ1) is 12.5. The number of alkyl carbamates (subject to hydrolysis) is 1. The van der Waals surface area contributed by atoms with Gasteiger partial charge in [0.25, 0.3) is 0 Å². The number of benzene rings is 2. The van der Waals surface area contributed by atoms with Gasteiger partial charge in [-0.3, -0.25) is 5.32 Å². The van der Waals surface area contributed by atoms with Crippen molar-refractivity contribution >= 4 is 40.7 Å². The SMILES string of the molecule is COC(=O)/C(=C/c1cc(OC)ccc1I)NC(=O)OCc1ccccc1. The van der Waals surface area contributed by atoms with Crippen molar-refractivity contribution in [2.75, 3.05) is 14.2 Å². The number of methoxy groups -OCH3 is 2. The number of halogens is 1. The number of esters is 1. The highest BCUT2D eigenvalue weighted by molar-refractivity contribution is 14.1. The Kier molecular flexibility index (Phi) is 7.46. The average Bonchev–Trinajstić information content (AvgIpc) is 2.67. The smallest absolute Gasteiger partial charge is 0.412 e. The highest BCUT2D eigenvalue weighted by atomic mass is 127. The Hall–Kier alpha value is -2.55. The Morgan fingerprint density at radius 3 is 2.50 bits per heavy atom. The minimum Gasteiger partial charge on any atom is -0.497 e. The molecule has 2 aromatic rings. The molecule has 2 rings (SSSR count). The molecule has 0 spiro atoms. The van der Waals surface area contributed by atoms with Crippen LogP contribution < -0.4 is 10.1 Å². The summed E-state index contributed by atoms with van der Waals surface area (Å²) in [5.74, 6) is -0.0483. The zero-order chi connectivity index (χ0) is 18.9. The molecule has 0 aliphatic rings. The van der Waals surface area contributed by atoms with Gasteiger partial charge in [0, 0.05) is 3.57 Å². The van der Waals surface area contributed by atoms with E-state index in [1.165, 1.54) is 13.2 Å². The molecule has 0 saturated heterocycles. The van der Waals surface area contributed by atoms with Crippen LogP contribution in [0, 0.1) is 3.57 Å². The van der Waals surface area contributed by atoms with Crippen molar-refractivity contribution in [1.29, 1.82) is 0 Å². The van der Waals surface area contributed by atoms with Crippen molar-refractivity contribution in [2.24, 2.45) is 0 Å².